The zero-order chi connectivity index (χ0) is 16.0. The highest BCUT2D eigenvalue weighted by atomic mass is 32.5. The van der Waals surface area contributed by atoms with Crippen molar-refractivity contribution in [2.24, 2.45) is 0 Å². The fourth-order valence-corrected chi connectivity index (χ4v) is 3.76. The first-order chi connectivity index (χ1) is 9.98. The van der Waals surface area contributed by atoms with Crippen molar-refractivity contribution in [3.8, 4) is 0 Å². The molecule has 1 atom stereocenters. The number of hydrogen-bond donors (Lipinski definition) is 1. The topological polar surface area (TPSA) is 61.8 Å². The van der Waals surface area contributed by atoms with E-state index in [4.69, 9.17) is 26.0 Å². The van der Waals surface area contributed by atoms with Crippen LogP contribution in [0.3, 0.4) is 0 Å². The van der Waals surface area contributed by atoms with Gasteiger partial charge in [0, 0.05) is 6.61 Å². The monoisotopic (exact) mass is 339 g/mol. The van der Waals surface area contributed by atoms with Gasteiger partial charge >= 0.3 is 0 Å². The van der Waals surface area contributed by atoms with Crippen LogP contribution < -0.4 is 4.89 Å². The smallest absolute Gasteiger partial charge is 0.115 e. The maximum Gasteiger partial charge on any atom is 0.115 e. The van der Waals surface area contributed by atoms with Crippen molar-refractivity contribution < 1.29 is 19.0 Å². The van der Waals surface area contributed by atoms with Gasteiger partial charge in [0.15, 0.2) is 0 Å². The molecule has 0 aliphatic rings. The average Bonchev–Trinajstić information content (AvgIpc) is 2.38. The molecule has 0 saturated carbocycles. The summed E-state index contributed by atoms with van der Waals surface area (Å²) in [6.07, 6.45) is 11.4. The van der Waals surface area contributed by atoms with Crippen LogP contribution in [-0.4, -0.2) is 24.4 Å². The minimum atomic E-state index is -3.26. The SMILES string of the molecule is CC(C)OP([O-])(=S)OCCCCCCCCCCCCO. The molecule has 0 aliphatic carbocycles. The minimum absolute atomic E-state index is 0.161. The highest BCUT2D eigenvalue weighted by molar-refractivity contribution is 8.06. The van der Waals surface area contributed by atoms with E-state index >= 15 is 0 Å². The van der Waals surface area contributed by atoms with Crippen LogP contribution in [0.15, 0.2) is 0 Å². The highest BCUT2D eigenvalue weighted by Crippen LogP contribution is 2.40. The quantitative estimate of drug-likeness (QED) is 0.362. The summed E-state index contributed by atoms with van der Waals surface area (Å²) in [5, 5.41) is 8.66. The molecule has 0 heterocycles. The summed E-state index contributed by atoms with van der Waals surface area (Å²) in [4.78, 5) is 11.7. The van der Waals surface area contributed by atoms with E-state index in [-0.39, 0.29) is 6.10 Å². The van der Waals surface area contributed by atoms with E-state index in [1.54, 1.807) is 13.8 Å². The molecule has 0 saturated heterocycles. The molecular weight excluding hydrogens is 307 g/mol. The van der Waals surface area contributed by atoms with Crippen LogP contribution in [0.4, 0.5) is 0 Å². The summed E-state index contributed by atoms with van der Waals surface area (Å²) in [7, 11) is 0. The average molecular weight is 339 g/mol. The van der Waals surface area contributed by atoms with Gasteiger partial charge in [0.1, 0.15) is 6.72 Å². The van der Waals surface area contributed by atoms with E-state index in [1.165, 1.54) is 38.5 Å². The van der Waals surface area contributed by atoms with Crippen molar-refractivity contribution in [3.05, 3.63) is 0 Å². The van der Waals surface area contributed by atoms with Gasteiger partial charge in [-0.05, 0) is 26.7 Å². The lowest BCUT2D eigenvalue weighted by Crippen LogP contribution is -2.12. The Morgan fingerprint density at radius 2 is 1.33 bits per heavy atom. The van der Waals surface area contributed by atoms with Crippen molar-refractivity contribution in [1.82, 2.24) is 0 Å². The van der Waals surface area contributed by atoms with Gasteiger partial charge in [0.25, 0.3) is 0 Å². The first-order valence-electron chi connectivity index (χ1n) is 8.23. The van der Waals surface area contributed by atoms with E-state index in [2.05, 4.69) is 0 Å². The number of rotatable bonds is 15. The fourth-order valence-electron chi connectivity index (χ4n) is 2.09. The van der Waals surface area contributed by atoms with E-state index < -0.39 is 6.72 Å². The number of unbranched alkanes of at least 4 members (excludes halogenated alkanes) is 9. The van der Waals surface area contributed by atoms with Crippen LogP contribution in [0.2, 0.25) is 0 Å². The van der Waals surface area contributed by atoms with Crippen LogP contribution in [0.5, 0.6) is 0 Å². The van der Waals surface area contributed by atoms with Crippen LogP contribution in [-0.2, 0) is 20.9 Å². The summed E-state index contributed by atoms with van der Waals surface area (Å²) in [5.41, 5.74) is 0. The van der Waals surface area contributed by atoms with E-state index in [0.717, 1.165) is 25.7 Å². The van der Waals surface area contributed by atoms with E-state index in [1.807, 2.05) is 0 Å². The molecule has 0 spiro atoms. The van der Waals surface area contributed by atoms with E-state index in [0.29, 0.717) is 13.2 Å². The Morgan fingerprint density at radius 3 is 1.76 bits per heavy atom. The Hall–Kier alpha value is 0.490. The molecule has 21 heavy (non-hydrogen) atoms. The van der Waals surface area contributed by atoms with E-state index in [9.17, 15) is 4.89 Å². The molecule has 4 nitrogen and oxygen atoms in total. The predicted molar refractivity (Wildman–Crippen MR) is 89.7 cm³/mol. The van der Waals surface area contributed by atoms with Crippen LogP contribution in [0, 0.1) is 0 Å². The van der Waals surface area contributed by atoms with Gasteiger partial charge < -0.3 is 19.0 Å². The summed E-state index contributed by atoms with van der Waals surface area (Å²) in [5.74, 6) is 0. The third kappa shape index (κ3) is 16.7. The van der Waals surface area contributed by atoms with Gasteiger partial charge in [0.05, 0.1) is 12.7 Å². The molecule has 1 unspecified atom stereocenters. The van der Waals surface area contributed by atoms with Crippen molar-refractivity contribution in [1.29, 1.82) is 0 Å². The lowest BCUT2D eigenvalue weighted by molar-refractivity contribution is -0.209. The molecule has 0 radical (unpaired) electrons. The summed E-state index contributed by atoms with van der Waals surface area (Å²) >= 11 is 4.79. The van der Waals surface area contributed by atoms with Crippen LogP contribution in [0.1, 0.15) is 78.1 Å². The third-order valence-corrected chi connectivity index (χ3v) is 4.89. The minimum Gasteiger partial charge on any atom is -0.780 e. The van der Waals surface area contributed by atoms with Crippen molar-refractivity contribution in [2.45, 2.75) is 84.2 Å². The zero-order valence-electron chi connectivity index (χ0n) is 13.6. The molecule has 0 amide bonds. The number of aliphatic hydroxyl groups excluding tert-OH is 1. The number of aliphatic hydroxyl groups is 1. The maximum absolute atomic E-state index is 11.7. The van der Waals surface area contributed by atoms with Crippen molar-refractivity contribution in [3.63, 3.8) is 0 Å². The van der Waals surface area contributed by atoms with Crippen molar-refractivity contribution in [2.75, 3.05) is 13.2 Å². The molecule has 128 valence electrons. The normalized spacial score (nSPS) is 14.5. The molecule has 0 aromatic rings. The molecule has 0 aromatic heterocycles. The molecule has 0 aliphatic heterocycles. The molecule has 0 fully saturated rings. The van der Waals surface area contributed by atoms with Gasteiger partial charge in [0.2, 0.25) is 0 Å². The fraction of sp³-hybridized carbons (Fsp3) is 1.00. The first kappa shape index (κ1) is 21.5. The molecule has 1 N–H and O–H groups in total. The second-order valence-corrected chi connectivity index (χ2v) is 8.40. The lowest BCUT2D eigenvalue weighted by atomic mass is 10.1. The molecule has 0 bridgehead atoms. The molecule has 0 rings (SSSR count). The largest absolute Gasteiger partial charge is 0.780 e. The Labute approximate surface area is 135 Å². The van der Waals surface area contributed by atoms with Crippen LogP contribution in [0.25, 0.3) is 0 Å². The highest BCUT2D eigenvalue weighted by Gasteiger charge is 2.06. The van der Waals surface area contributed by atoms with Crippen molar-refractivity contribution >= 4 is 18.5 Å². The zero-order valence-corrected chi connectivity index (χ0v) is 15.3. The lowest BCUT2D eigenvalue weighted by Gasteiger charge is -2.29. The van der Waals surface area contributed by atoms with Gasteiger partial charge in [-0.2, -0.15) is 0 Å². The second kappa shape index (κ2) is 14.1. The van der Waals surface area contributed by atoms with Gasteiger partial charge in [-0.15, -0.1) is 0 Å². The Kier molecular flexibility index (Phi) is 14.4. The maximum atomic E-state index is 11.7. The van der Waals surface area contributed by atoms with Gasteiger partial charge in [-0.1, -0.05) is 63.2 Å². The Balaban J connectivity index is 3.24. The first-order valence-corrected chi connectivity index (χ1v) is 10.8. The summed E-state index contributed by atoms with van der Waals surface area (Å²) in [6, 6.07) is 0. The summed E-state index contributed by atoms with van der Waals surface area (Å²) in [6.45, 7) is 1.08. The van der Waals surface area contributed by atoms with Crippen LogP contribution >= 0.6 is 6.72 Å². The standard InChI is InChI=1S/C15H33O4PS/c1-15(2)19-20(17,21)18-14-12-10-8-6-4-3-5-7-9-11-13-16/h15-16H,3-14H2,1-2H3,(H,17,21)/p-1. The third-order valence-electron chi connectivity index (χ3n) is 3.14. The Bertz CT molecular complexity index is 274. The Morgan fingerprint density at radius 1 is 0.905 bits per heavy atom. The molecular formula is C15H32O4PS-. The number of hydrogen-bond acceptors (Lipinski definition) is 5. The molecule has 0 aromatic carbocycles. The second-order valence-electron chi connectivity index (χ2n) is 5.69. The summed E-state index contributed by atoms with van der Waals surface area (Å²) < 4.78 is 10.2. The van der Waals surface area contributed by atoms with Gasteiger partial charge in [-0.3, -0.25) is 0 Å². The molecule has 6 heteroatoms. The van der Waals surface area contributed by atoms with Gasteiger partial charge in [-0.25, -0.2) is 0 Å². The predicted octanol–water partition coefficient (Wildman–Crippen LogP) is 3.91.